The fraction of sp³-hybridized carbons (Fsp3) is 0.667. The smallest absolute Gasteiger partial charge is 0.229 e. The number of aliphatic imine (C=N–C) groups is 1. The Bertz CT molecular complexity index is 179. The summed E-state index contributed by atoms with van der Waals surface area (Å²) in [5, 5.41) is 0.830. The molecule has 56 valence electrons. The van der Waals surface area contributed by atoms with Gasteiger partial charge in [-0.05, 0) is 0 Å². The molecule has 1 heterocycles. The van der Waals surface area contributed by atoms with E-state index in [2.05, 4.69) is 4.99 Å². The van der Waals surface area contributed by atoms with E-state index in [0.29, 0.717) is 6.42 Å². The van der Waals surface area contributed by atoms with Crippen molar-refractivity contribution in [1.29, 1.82) is 0 Å². The van der Waals surface area contributed by atoms with Crippen LogP contribution in [0, 0.1) is 0 Å². The van der Waals surface area contributed by atoms with Crippen molar-refractivity contribution in [3.63, 3.8) is 0 Å². The summed E-state index contributed by atoms with van der Waals surface area (Å²) in [6.07, 6.45) is 0.639. The van der Waals surface area contributed by atoms with E-state index in [4.69, 9.17) is 0 Å². The Kier molecular flexibility index (Phi) is 2.32. The minimum absolute atomic E-state index is 0.166. The van der Waals surface area contributed by atoms with Gasteiger partial charge in [-0.2, -0.15) is 0 Å². The first kappa shape index (κ1) is 7.60. The third-order valence-electron chi connectivity index (χ3n) is 1.40. The first-order chi connectivity index (χ1) is 4.75. The lowest BCUT2D eigenvalue weighted by Gasteiger charge is -2.22. The molecule has 0 aliphatic carbocycles. The summed E-state index contributed by atoms with van der Waals surface area (Å²) in [5.74, 6) is 1.04. The van der Waals surface area contributed by atoms with Crippen molar-refractivity contribution in [2.75, 3.05) is 19.8 Å². The molecule has 0 radical (unpaired) electrons. The van der Waals surface area contributed by atoms with Crippen molar-refractivity contribution < 1.29 is 4.79 Å². The van der Waals surface area contributed by atoms with Gasteiger partial charge < -0.3 is 0 Å². The van der Waals surface area contributed by atoms with E-state index in [1.807, 2.05) is 0 Å². The SMILES string of the molecule is CN=C1SCCC(=O)N1C. The third-order valence-corrected chi connectivity index (χ3v) is 2.52. The Labute approximate surface area is 64.5 Å². The molecule has 10 heavy (non-hydrogen) atoms. The predicted octanol–water partition coefficient (Wildman–Crippen LogP) is 0.568. The number of rotatable bonds is 0. The maximum absolute atomic E-state index is 11.0. The van der Waals surface area contributed by atoms with Crippen LogP contribution in [0.2, 0.25) is 0 Å². The quantitative estimate of drug-likeness (QED) is 0.516. The number of nitrogens with zero attached hydrogens (tertiary/aromatic N) is 2. The summed E-state index contributed by atoms with van der Waals surface area (Å²) in [7, 11) is 3.47. The van der Waals surface area contributed by atoms with Crippen LogP contribution in [0.3, 0.4) is 0 Å². The summed E-state index contributed by atoms with van der Waals surface area (Å²) in [6, 6.07) is 0. The lowest BCUT2D eigenvalue weighted by molar-refractivity contribution is -0.126. The van der Waals surface area contributed by atoms with Gasteiger partial charge in [0.05, 0.1) is 0 Å². The van der Waals surface area contributed by atoms with Crippen LogP contribution in [0.15, 0.2) is 4.99 Å². The van der Waals surface area contributed by atoms with Crippen LogP contribution in [0.5, 0.6) is 0 Å². The molecule has 0 spiro atoms. The van der Waals surface area contributed by atoms with Crippen LogP contribution in [0.1, 0.15) is 6.42 Å². The number of thioether (sulfide) groups is 1. The van der Waals surface area contributed by atoms with Gasteiger partial charge in [0.1, 0.15) is 0 Å². The fourth-order valence-corrected chi connectivity index (χ4v) is 1.70. The van der Waals surface area contributed by atoms with E-state index in [1.54, 1.807) is 30.8 Å². The molecule has 0 bridgehead atoms. The van der Waals surface area contributed by atoms with Crippen molar-refractivity contribution in [3.05, 3.63) is 0 Å². The largest absolute Gasteiger partial charge is 0.295 e. The van der Waals surface area contributed by atoms with Crippen LogP contribution in [0.4, 0.5) is 0 Å². The van der Waals surface area contributed by atoms with Gasteiger partial charge >= 0.3 is 0 Å². The Balaban J connectivity index is 2.69. The zero-order valence-electron chi connectivity index (χ0n) is 6.13. The number of carbonyl (C=O) groups is 1. The maximum Gasteiger partial charge on any atom is 0.229 e. The molecule has 1 fully saturated rings. The zero-order valence-corrected chi connectivity index (χ0v) is 6.94. The fourth-order valence-electron chi connectivity index (χ4n) is 0.815. The molecule has 1 amide bonds. The van der Waals surface area contributed by atoms with Crippen molar-refractivity contribution in [2.45, 2.75) is 6.42 Å². The molecule has 0 atom stereocenters. The van der Waals surface area contributed by atoms with Crippen LogP contribution >= 0.6 is 11.8 Å². The summed E-state index contributed by atoms with van der Waals surface area (Å²) < 4.78 is 0. The maximum atomic E-state index is 11.0. The van der Waals surface area contributed by atoms with Crippen LogP contribution in [0.25, 0.3) is 0 Å². The lowest BCUT2D eigenvalue weighted by Crippen LogP contribution is -2.35. The minimum Gasteiger partial charge on any atom is -0.295 e. The molecule has 1 rings (SSSR count). The molecule has 0 aromatic heterocycles. The number of amidine groups is 1. The molecule has 0 saturated carbocycles. The van der Waals surface area contributed by atoms with Gasteiger partial charge in [0, 0.05) is 26.3 Å². The van der Waals surface area contributed by atoms with Crippen LogP contribution in [-0.2, 0) is 4.79 Å². The zero-order chi connectivity index (χ0) is 7.56. The molecule has 3 nitrogen and oxygen atoms in total. The molecule has 0 N–H and O–H groups in total. The first-order valence-corrected chi connectivity index (χ1v) is 4.10. The van der Waals surface area contributed by atoms with Crippen LogP contribution in [-0.4, -0.2) is 35.8 Å². The van der Waals surface area contributed by atoms with Gasteiger partial charge in [0.15, 0.2) is 5.17 Å². The highest BCUT2D eigenvalue weighted by atomic mass is 32.2. The molecule has 0 aromatic carbocycles. The molecule has 1 aliphatic heterocycles. The topological polar surface area (TPSA) is 32.7 Å². The van der Waals surface area contributed by atoms with E-state index in [9.17, 15) is 4.79 Å². The average Bonchev–Trinajstić information content (AvgIpc) is 1.95. The van der Waals surface area contributed by atoms with Crippen molar-refractivity contribution in [1.82, 2.24) is 4.90 Å². The summed E-state index contributed by atoms with van der Waals surface area (Å²) in [6.45, 7) is 0. The Morgan fingerprint density at radius 2 is 2.40 bits per heavy atom. The highest BCUT2D eigenvalue weighted by Gasteiger charge is 2.19. The summed E-state index contributed by atoms with van der Waals surface area (Å²) in [5.41, 5.74) is 0. The Morgan fingerprint density at radius 1 is 1.70 bits per heavy atom. The standard InChI is InChI=1S/C6H10N2OS/c1-7-6-8(2)5(9)3-4-10-6/h3-4H2,1-2H3. The average molecular weight is 158 g/mol. The molecule has 1 saturated heterocycles. The third kappa shape index (κ3) is 1.31. The Morgan fingerprint density at radius 3 is 2.90 bits per heavy atom. The van der Waals surface area contributed by atoms with E-state index >= 15 is 0 Å². The molecule has 0 unspecified atom stereocenters. The highest BCUT2D eigenvalue weighted by molar-refractivity contribution is 8.13. The monoisotopic (exact) mass is 158 g/mol. The molecule has 1 aliphatic rings. The molecule has 0 aromatic rings. The van der Waals surface area contributed by atoms with E-state index in [1.165, 1.54) is 0 Å². The van der Waals surface area contributed by atoms with Gasteiger partial charge in [0.25, 0.3) is 0 Å². The van der Waals surface area contributed by atoms with Crippen LogP contribution < -0.4 is 0 Å². The van der Waals surface area contributed by atoms with Crippen molar-refractivity contribution in [2.24, 2.45) is 4.99 Å². The van der Waals surface area contributed by atoms with Crippen molar-refractivity contribution in [3.8, 4) is 0 Å². The predicted molar refractivity (Wildman–Crippen MR) is 43.2 cm³/mol. The number of hydrogen-bond acceptors (Lipinski definition) is 3. The van der Waals surface area contributed by atoms with E-state index in [0.717, 1.165) is 10.9 Å². The minimum atomic E-state index is 0.166. The number of amides is 1. The normalized spacial score (nSPS) is 24.0. The second kappa shape index (κ2) is 3.05. The second-order valence-corrected chi connectivity index (χ2v) is 3.12. The van der Waals surface area contributed by atoms with Gasteiger partial charge in [-0.1, -0.05) is 11.8 Å². The summed E-state index contributed by atoms with van der Waals surface area (Å²) >= 11 is 1.63. The van der Waals surface area contributed by atoms with Gasteiger partial charge in [0.2, 0.25) is 5.91 Å². The molecule has 4 heteroatoms. The highest BCUT2D eigenvalue weighted by Crippen LogP contribution is 2.16. The van der Waals surface area contributed by atoms with E-state index < -0.39 is 0 Å². The Hall–Kier alpha value is -0.510. The van der Waals surface area contributed by atoms with Crippen molar-refractivity contribution >= 4 is 22.8 Å². The second-order valence-electron chi connectivity index (χ2n) is 2.06. The van der Waals surface area contributed by atoms with Gasteiger partial charge in [-0.3, -0.25) is 14.7 Å². The first-order valence-electron chi connectivity index (χ1n) is 3.12. The molecular weight excluding hydrogens is 148 g/mol. The summed E-state index contributed by atoms with van der Waals surface area (Å²) in [4.78, 5) is 16.6. The molecular formula is C6H10N2OS. The van der Waals surface area contributed by atoms with Gasteiger partial charge in [-0.15, -0.1) is 0 Å². The van der Waals surface area contributed by atoms with E-state index in [-0.39, 0.29) is 5.91 Å². The number of carbonyl (C=O) groups excluding carboxylic acids is 1. The lowest BCUT2D eigenvalue weighted by atomic mass is 10.4. The number of hydrogen-bond donors (Lipinski definition) is 0. The van der Waals surface area contributed by atoms with Gasteiger partial charge in [-0.25, -0.2) is 0 Å².